The Hall–Kier alpha value is -2.49. The van der Waals surface area contributed by atoms with Crippen molar-refractivity contribution in [3.05, 3.63) is 52.2 Å². The van der Waals surface area contributed by atoms with Crippen LogP contribution in [0.1, 0.15) is 18.5 Å². The highest BCUT2D eigenvalue weighted by Gasteiger charge is 2.54. The average Bonchev–Trinajstić information content (AvgIpc) is 2.67. The smallest absolute Gasteiger partial charge is 0.352 e. The molecule has 2 aliphatic rings. The molecule has 148 valence electrons. The van der Waals surface area contributed by atoms with Crippen LogP contribution in [0.2, 0.25) is 5.02 Å². The van der Waals surface area contributed by atoms with Crippen molar-refractivity contribution >= 4 is 41.1 Å². The summed E-state index contributed by atoms with van der Waals surface area (Å²) in [4.78, 5) is 37.8. The number of β-lactam (4-membered cyclic amide) rings is 1. The van der Waals surface area contributed by atoms with Gasteiger partial charge in [0, 0.05) is 5.75 Å². The van der Waals surface area contributed by atoms with E-state index in [4.69, 9.17) is 17.3 Å². The van der Waals surface area contributed by atoms with Crippen molar-refractivity contribution in [3.63, 3.8) is 0 Å². The number of aromatic hydroxyl groups is 1. The molecule has 2 amide bonds. The number of benzene rings is 1. The Morgan fingerprint density at radius 2 is 2.18 bits per heavy atom. The number of nitrogens with one attached hydrogen (secondary N) is 1. The van der Waals surface area contributed by atoms with Gasteiger partial charge in [-0.2, -0.15) is 0 Å². The molecule has 0 spiro atoms. The summed E-state index contributed by atoms with van der Waals surface area (Å²) in [5.74, 6) is -2.01. The van der Waals surface area contributed by atoms with Gasteiger partial charge in [0.05, 0.1) is 5.02 Å². The topological polar surface area (TPSA) is 133 Å². The van der Waals surface area contributed by atoms with Gasteiger partial charge in [0.1, 0.15) is 28.9 Å². The van der Waals surface area contributed by atoms with Gasteiger partial charge in [-0.3, -0.25) is 14.5 Å². The zero-order chi connectivity index (χ0) is 20.6. The molecular formula is C18H18ClN3O5S. The Bertz CT molecular complexity index is 916. The van der Waals surface area contributed by atoms with Crippen molar-refractivity contribution in [2.24, 2.45) is 5.73 Å². The third-order valence-electron chi connectivity index (χ3n) is 4.48. The van der Waals surface area contributed by atoms with Crippen LogP contribution in [0.3, 0.4) is 0 Å². The van der Waals surface area contributed by atoms with Gasteiger partial charge in [-0.1, -0.05) is 29.8 Å². The molecule has 3 rings (SSSR count). The average molecular weight is 424 g/mol. The van der Waals surface area contributed by atoms with Gasteiger partial charge in [-0.05, 0) is 30.2 Å². The summed E-state index contributed by atoms with van der Waals surface area (Å²) < 4.78 is 0. The lowest BCUT2D eigenvalue weighted by atomic mass is 10.0. The summed E-state index contributed by atoms with van der Waals surface area (Å²) >= 11 is 7.21. The predicted octanol–water partition coefficient (Wildman–Crippen LogP) is 1.36. The number of carbonyl (C=O) groups excluding carboxylic acids is 2. The van der Waals surface area contributed by atoms with Crippen molar-refractivity contribution in [1.82, 2.24) is 10.2 Å². The number of carbonyl (C=O) groups is 3. The third kappa shape index (κ3) is 3.48. The van der Waals surface area contributed by atoms with Gasteiger partial charge in [-0.15, -0.1) is 11.8 Å². The summed E-state index contributed by atoms with van der Waals surface area (Å²) in [7, 11) is 0. The number of phenols is 1. The Labute approximate surface area is 170 Å². The van der Waals surface area contributed by atoms with Crippen LogP contribution in [0.15, 0.2) is 41.6 Å². The lowest BCUT2D eigenvalue weighted by Crippen LogP contribution is -2.71. The van der Waals surface area contributed by atoms with Gasteiger partial charge in [0.2, 0.25) is 5.91 Å². The highest BCUT2D eigenvalue weighted by Crippen LogP contribution is 2.40. The number of phenolic OH excluding ortho intramolecular Hbond substituents is 1. The molecule has 0 radical (unpaired) electrons. The van der Waals surface area contributed by atoms with Gasteiger partial charge < -0.3 is 21.3 Å². The highest BCUT2D eigenvalue weighted by molar-refractivity contribution is 8.00. The molecule has 28 heavy (non-hydrogen) atoms. The molecule has 8 nitrogen and oxygen atoms in total. The van der Waals surface area contributed by atoms with E-state index >= 15 is 0 Å². The van der Waals surface area contributed by atoms with E-state index < -0.39 is 35.2 Å². The van der Waals surface area contributed by atoms with Crippen LogP contribution in [-0.4, -0.2) is 50.1 Å². The van der Waals surface area contributed by atoms with Gasteiger partial charge >= 0.3 is 5.97 Å². The number of hydrogen-bond donors (Lipinski definition) is 4. The molecule has 2 aliphatic heterocycles. The Kier molecular flexibility index (Phi) is 5.69. The maximum absolute atomic E-state index is 12.5. The van der Waals surface area contributed by atoms with Crippen molar-refractivity contribution in [1.29, 1.82) is 0 Å². The molecule has 10 heteroatoms. The molecule has 2 heterocycles. The summed E-state index contributed by atoms with van der Waals surface area (Å²) in [6, 6.07) is 2.20. The van der Waals surface area contributed by atoms with E-state index in [9.17, 15) is 24.6 Å². The van der Waals surface area contributed by atoms with Crippen LogP contribution in [0.5, 0.6) is 5.75 Å². The normalized spacial score (nSPS) is 22.7. The summed E-state index contributed by atoms with van der Waals surface area (Å²) in [6.07, 6.45) is 3.38. The van der Waals surface area contributed by atoms with Crippen LogP contribution in [-0.2, 0) is 14.4 Å². The number of fused-ring (bicyclic) bond motifs is 1. The van der Waals surface area contributed by atoms with Crippen LogP contribution < -0.4 is 11.1 Å². The van der Waals surface area contributed by atoms with Crippen LogP contribution in [0.4, 0.5) is 0 Å². The van der Waals surface area contributed by atoms with E-state index in [0.29, 0.717) is 16.9 Å². The molecule has 3 atom stereocenters. The fourth-order valence-electron chi connectivity index (χ4n) is 3.08. The standard InChI is InChI=1S/C18H18ClN3O5S/c1-2-3-9-7-28-17-13(16(25)22(17)14(9)18(26)27)21-15(24)12(20)8-4-5-11(23)10(19)6-8/h2-6,12-13,17,23H,7,20H2,1H3,(H,21,24)(H,26,27)/t12?,13-,17+/m1/s1. The Morgan fingerprint density at radius 3 is 2.79 bits per heavy atom. The zero-order valence-electron chi connectivity index (χ0n) is 14.8. The van der Waals surface area contributed by atoms with Crippen molar-refractivity contribution in [3.8, 4) is 5.75 Å². The van der Waals surface area contributed by atoms with Crippen molar-refractivity contribution in [2.45, 2.75) is 24.4 Å². The SMILES string of the molecule is CC=CC1=C(C(=O)O)N2C(=O)[C@@H](NC(=O)C(N)c3ccc(O)c(Cl)c3)[C@@H]2SC1. The van der Waals surface area contributed by atoms with Gasteiger partial charge in [0.15, 0.2) is 0 Å². The second kappa shape index (κ2) is 7.86. The Morgan fingerprint density at radius 1 is 1.46 bits per heavy atom. The molecule has 0 saturated carbocycles. The van der Waals surface area contributed by atoms with Crippen LogP contribution in [0, 0.1) is 0 Å². The molecule has 1 saturated heterocycles. The second-order valence-electron chi connectivity index (χ2n) is 6.26. The van der Waals surface area contributed by atoms with Gasteiger partial charge in [-0.25, -0.2) is 4.79 Å². The van der Waals surface area contributed by atoms with Gasteiger partial charge in [0.25, 0.3) is 5.91 Å². The number of nitrogens with zero attached hydrogens (tertiary/aromatic N) is 1. The quantitative estimate of drug-likeness (QED) is 0.525. The minimum absolute atomic E-state index is 0.0576. The molecule has 0 aliphatic carbocycles. The molecule has 0 aromatic heterocycles. The number of thioether (sulfide) groups is 1. The number of aliphatic carboxylic acids is 1. The van der Waals surface area contributed by atoms with Crippen molar-refractivity contribution < 1.29 is 24.6 Å². The van der Waals surface area contributed by atoms with Crippen LogP contribution in [0.25, 0.3) is 0 Å². The van der Waals surface area contributed by atoms with E-state index in [1.807, 2.05) is 0 Å². The van der Waals surface area contributed by atoms with E-state index in [2.05, 4.69) is 5.32 Å². The minimum atomic E-state index is -1.19. The summed E-state index contributed by atoms with van der Waals surface area (Å²) in [5.41, 5.74) is 6.80. The van der Waals surface area contributed by atoms with E-state index in [-0.39, 0.29) is 16.5 Å². The fraction of sp³-hybridized carbons (Fsp3) is 0.278. The fourth-order valence-corrected chi connectivity index (χ4v) is 4.59. The lowest BCUT2D eigenvalue weighted by Gasteiger charge is -2.49. The lowest BCUT2D eigenvalue weighted by molar-refractivity contribution is -0.150. The third-order valence-corrected chi connectivity index (χ3v) is 6.08. The number of nitrogens with two attached hydrogens (primary N) is 1. The molecule has 1 fully saturated rings. The maximum Gasteiger partial charge on any atom is 0.352 e. The first-order chi connectivity index (χ1) is 13.3. The number of amides is 2. The molecule has 5 N–H and O–H groups in total. The summed E-state index contributed by atoms with van der Waals surface area (Å²) in [5, 5.41) is 21.1. The number of carboxylic acid groups (broad SMARTS) is 1. The molecular weight excluding hydrogens is 406 g/mol. The number of halogens is 1. The monoisotopic (exact) mass is 423 g/mol. The predicted molar refractivity (Wildman–Crippen MR) is 105 cm³/mol. The maximum atomic E-state index is 12.5. The zero-order valence-corrected chi connectivity index (χ0v) is 16.3. The molecule has 0 bridgehead atoms. The van der Waals surface area contributed by atoms with E-state index in [1.54, 1.807) is 19.1 Å². The van der Waals surface area contributed by atoms with E-state index in [0.717, 1.165) is 0 Å². The Balaban J connectivity index is 1.75. The largest absolute Gasteiger partial charge is 0.506 e. The number of allylic oxidation sites excluding steroid dienone is 2. The first kappa shape index (κ1) is 20.2. The van der Waals surface area contributed by atoms with E-state index in [1.165, 1.54) is 34.9 Å². The second-order valence-corrected chi connectivity index (χ2v) is 7.78. The van der Waals surface area contributed by atoms with Crippen LogP contribution >= 0.6 is 23.4 Å². The first-order valence-electron chi connectivity index (χ1n) is 8.34. The summed E-state index contributed by atoms with van der Waals surface area (Å²) in [6.45, 7) is 1.77. The first-order valence-corrected chi connectivity index (χ1v) is 9.77. The minimum Gasteiger partial charge on any atom is -0.506 e. The molecule has 1 unspecified atom stereocenters. The molecule has 1 aromatic rings. The van der Waals surface area contributed by atoms with Crippen molar-refractivity contribution in [2.75, 3.05) is 5.75 Å². The highest BCUT2D eigenvalue weighted by atomic mass is 35.5. The molecule has 1 aromatic carbocycles. The number of carboxylic acids is 1. The number of rotatable bonds is 5. The number of hydrogen-bond acceptors (Lipinski definition) is 6.